The standard InChI is InChI=1S/C11H18.2ClH.Ti/c1-4-6-7-8-9-10-11(3)5-2;;;/h5,7,9,11H,1-4,6,8,10H2;2*1H;/q-4;;;+6/p-2. The molecule has 0 spiro atoms. The summed E-state index contributed by atoms with van der Waals surface area (Å²) in [6.07, 6.45) is 10.6. The molecule has 0 aromatic rings. The molecule has 14 heavy (non-hydrogen) atoms. The maximum absolute atomic E-state index is 4.89. The van der Waals surface area contributed by atoms with Crippen LogP contribution in [0.15, 0.2) is 12.7 Å². The van der Waals surface area contributed by atoms with Crippen LogP contribution in [-0.4, -0.2) is 0 Å². The van der Waals surface area contributed by atoms with Gasteiger partial charge in [0.25, 0.3) is 0 Å². The van der Waals surface area contributed by atoms with E-state index in [1.54, 1.807) is 0 Å². The van der Waals surface area contributed by atoms with Gasteiger partial charge in [0.1, 0.15) is 0 Å². The Morgan fingerprint density at radius 1 is 1.43 bits per heavy atom. The molecule has 0 rings (SSSR count). The molecule has 1 atom stereocenters. The molecule has 3 heteroatoms. The summed E-state index contributed by atoms with van der Waals surface area (Å²) in [5.41, 5.74) is 0. The molecule has 0 saturated heterocycles. The van der Waals surface area contributed by atoms with Gasteiger partial charge in [-0.3, -0.25) is 0 Å². The van der Waals surface area contributed by atoms with E-state index in [9.17, 15) is 0 Å². The van der Waals surface area contributed by atoms with Gasteiger partial charge in [-0.2, -0.15) is 5.92 Å². The number of unbranched alkanes of at least 4 members (excludes halogenated alkanes) is 4. The topological polar surface area (TPSA) is 0 Å². The number of rotatable bonds is 7. The molecule has 0 fully saturated rings. The second-order valence-electron chi connectivity index (χ2n) is 2.76. The van der Waals surface area contributed by atoms with Gasteiger partial charge in [-0.25, -0.2) is 19.3 Å². The van der Waals surface area contributed by atoms with Crippen molar-refractivity contribution < 1.29 is 17.0 Å². The molecule has 0 saturated carbocycles. The third-order valence-electron chi connectivity index (χ3n) is 1.54. The van der Waals surface area contributed by atoms with Crippen LogP contribution in [0.1, 0.15) is 25.7 Å². The van der Waals surface area contributed by atoms with Crippen LogP contribution in [0.25, 0.3) is 0 Å². The van der Waals surface area contributed by atoms with Gasteiger partial charge < -0.3 is 33.1 Å². The Morgan fingerprint density at radius 3 is 2.43 bits per heavy atom. The first-order chi connectivity index (χ1) is 6.72. The van der Waals surface area contributed by atoms with Crippen molar-refractivity contribution in [3.05, 3.63) is 39.3 Å². The number of hydrogen-bond donors (Lipinski definition) is 0. The van der Waals surface area contributed by atoms with Crippen LogP contribution < -0.4 is 0 Å². The molecule has 0 N–H and O–H groups in total. The summed E-state index contributed by atoms with van der Waals surface area (Å²) in [5.74, 6) is 0.378. The Hall–Kier alpha value is 1.03. The summed E-state index contributed by atoms with van der Waals surface area (Å²) in [7, 11) is 9.78. The minimum atomic E-state index is -0.556. The number of allylic oxidation sites excluding steroid dienone is 1. The maximum atomic E-state index is 4.89. The Kier molecular flexibility index (Phi) is 20.5. The van der Waals surface area contributed by atoms with Crippen molar-refractivity contribution in [1.29, 1.82) is 0 Å². The molecule has 0 aliphatic carbocycles. The fraction of sp³-hybridized carbons (Fsp3) is 0.455. The van der Waals surface area contributed by atoms with Crippen molar-refractivity contribution >= 4 is 18.6 Å². The van der Waals surface area contributed by atoms with E-state index < -0.39 is 17.0 Å². The van der Waals surface area contributed by atoms with Gasteiger partial charge >= 0.3 is 35.6 Å². The van der Waals surface area contributed by atoms with E-state index in [0.29, 0.717) is 5.92 Å². The van der Waals surface area contributed by atoms with Gasteiger partial charge in [0.05, 0.1) is 0 Å². The van der Waals surface area contributed by atoms with Crippen molar-refractivity contribution in [2.75, 3.05) is 0 Å². The molecule has 0 heterocycles. The molecule has 0 amide bonds. The molecule has 0 radical (unpaired) electrons. The Balaban J connectivity index is 0. The number of halogens is 2. The molecular formula is C11H18Cl2Ti. The summed E-state index contributed by atoms with van der Waals surface area (Å²) in [6, 6.07) is 0. The van der Waals surface area contributed by atoms with Crippen LogP contribution in [0.5, 0.6) is 0 Å². The Bertz CT molecular complexity index is 107. The minimum absolute atomic E-state index is 0.378. The monoisotopic (exact) mass is 268 g/mol. The Morgan fingerprint density at radius 2 is 2.00 bits per heavy atom. The predicted octanol–water partition coefficient (Wildman–Crippen LogP) is 4.80. The van der Waals surface area contributed by atoms with Crippen LogP contribution >= 0.6 is 18.6 Å². The second kappa shape index (κ2) is 16.5. The molecule has 1 unspecified atom stereocenters. The van der Waals surface area contributed by atoms with Crippen molar-refractivity contribution in [1.82, 2.24) is 0 Å². The van der Waals surface area contributed by atoms with E-state index in [1.165, 1.54) is 0 Å². The van der Waals surface area contributed by atoms with Gasteiger partial charge in [0.2, 0.25) is 0 Å². The van der Waals surface area contributed by atoms with E-state index in [1.807, 2.05) is 6.08 Å². The zero-order chi connectivity index (χ0) is 11.2. The first-order valence-corrected chi connectivity index (χ1v) is 8.87. The molecule has 0 aromatic heterocycles. The third-order valence-corrected chi connectivity index (χ3v) is 1.54. The van der Waals surface area contributed by atoms with Gasteiger partial charge in [0.15, 0.2) is 0 Å². The van der Waals surface area contributed by atoms with E-state index in [4.69, 9.17) is 18.6 Å². The van der Waals surface area contributed by atoms with Crippen molar-refractivity contribution in [2.45, 2.75) is 25.7 Å². The van der Waals surface area contributed by atoms with Crippen molar-refractivity contribution in [3.8, 4) is 0 Å². The van der Waals surface area contributed by atoms with E-state index in [2.05, 4.69) is 33.3 Å². The second-order valence-corrected chi connectivity index (χ2v) is 5.34. The predicted molar refractivity (Wildman–Crippen MR) is 63.2 cm³/mol. The van der Waals surface area contributed by atoms with E-state index in [0.717, 1.165) is 25.7 Å². The van der Waals surface area contributed by atoms with Crippen LogP contribution in [-0.2, 0) is 17.0 Å². The molecule has 0 aliphatic heterocycles. The van der Waals surface area contributed by atoms with E-state index in [-0.39, 0.29) is 0 Å². The van der Waals surface area contributed by atoms with Gasteiger partial charge in [-0.05, 0) is 0 Å². The van der Waals surface area contributed by atoms with Gasteiger partial charge in [0, 0.05) is 0 Å². The normalized spacial score (nSPS) is 11.7. The molecule has 0 aliphatic rings. The van der Waals surface area contributed by atoms with Crippen LogP contribution in [0.4, 0.5) is 0 Å². The fourth-order valence-electron chi connectivity index (χ4n) is 0.787. The zero-order valence-electron chi connectivity index (χ0n) is 8.52. The van der Waals surface area contributed by atoms with Gasteiger partial charge in [-0.15, -0.1) is 12.7 Å². The quantitative estimate of drug-likeness (QED) is 0.269. The number of hydrogen-bond acceptors (Lipinski definition) is 0. The summed E-state index contributed by atoms with van der Waals surface area (Å²) >= 11 is -0.556. The van der Waals surface area contributed by atoms with Crippen LogP contribution in [0.3, 0.4) is 0 Å². The summed E-state index contributed by atoms with van der Waals surface area (Å²) in [5, 5.41) is 0. The molecular weight excluding hydrogens is 251 g/mol. The average molecular weight is 269 g/mol. The average Bonchev–Trinajstić information content (AvgIpc) is 2.18. The van der Waals surface area contributed by atoms with Crippen LogP contribution in [0.2, 0.25) is 0 Å². The van der Waals surface area contributed by atoms with Crippen LogP contribution in [0, 0.1) is 32.6 Å². The molecule has 0 nitrogen and oxygen atoms in total. The summed E-state index contributed by atoms with van der Waals surface area (Å²) < 4.78 is 0. The first-order valence-electron chi connectivity index (χ1n) is 4.57. The zero-order valence-corrected chi connectivity index (χ0v) is 11.6. The summed E-state index contributed by atoms with van der Waals surface area (Å²) in [4.78, 5) is 0. The third kappa shape index (κ3) is 18.7. The molecule has 0 aromatic carbocycles. The molecule has 80 valence electrons. The molecule has 0 bridgehead atoms. The summed E-state index contributed by atoms with van der Waals surface area (Å²) in [6.45, 7) is 11.3. The van der Waals surface area contributed by atoms with Crippen molar-refractivity contribution in [2.24, 2.45) is 5.92 Å². The first kappa shape index (κ1) is 17.4. The van der Waals surface area contributed by atoms with Crippen molar-refractivity contribution in [3.63, 3.8) is 0 Å². The fourth-order valence-corrected chi connectivity index (χ4v) is 0.787. The Labute approximate surface area is 106 Å². The SMILES string of the molecule is C=CC([CH2-])C[CH-]C[CH-]CC[CH2-].[Cl][Ti+4][Cl]. The van der Waals surface area contributed by atoms with Gasteiger partial charge in [-0.1, -0.05) is 0 Å². The van der Waals surface area contributed by atoms with E-state index >= 15 is 0 Å².